The first kappa shape index (κ1) is 35.5. The Kier molecular flexibility index (Phi) is 16.0. The molecule has 0 bridgehead atoms. The van der Waals surface area contributed by atoms with Crippen LogP contribution in [0.15, 0.2) is 11.6 Å². The van der Waals surface area contributed by atoms with Gasteiger partial charge in [0.15, 0.2) is 12.6 Å². The van der Waals surface area contributed by atoms with Gasteiger partial charge in [0.05, 0.1) is 19.8 Å². The van der Waals surface area contributed by atoms with Crippen molar-refractivity contribution in [1.29, 1.82) is 0 Å². The Morgan fingerprint density at radius 1 is 0.750 bits per heavy atom. The van der Waals surface area contributed by atoms with E-state index in [4.69, 9.17) is 18.9 Å². The highest BCUT2D eigenvalue weighted by Gasteiger charge is 2.50. The summed E-state index contributed by atoms with van der Waals surface area (Å²) in [7, 11) is 0. The average molecular weight is 579 g/mol. The molecule has 7 N–H and O–H groups in total. The van der Waals surface area contributed by atoms with Crippen LogP contribution in [0, 0.1) is 11.8 Å². The summed E-state index contributed by atoms with van der Waals surface area (Å²) in [5.41, 5.74) is 1.34. The Balaban J connectivity index is 1.74. The molecule has 2 aliphatic rings. The lowest BCUT2D eigenvalue weighted by Gasteiger charge is -2.45. The Morgan fingerprint density at radius 2 is 1.38 bits per heavy atom. The highest BCUT2D eigenvalue weighted by Crippen LogP contribution is 2.29. The van der Waals surface area contributed by atoms with E-state index in [1.165, 1.54) is 37.7 Å². The van der Waals surface area contributed by atoms with Crippen LogP contribution in [0.4, 0.5) is 0 Å². The second-order valence-electron chi connectivity index (χ2n) is 11.9. The molecule has 11 nitrogen and oxygen atoms in total. The summed E-state index contributed by atoms with van der Waals surface area (Å²) in [5, 5.41) is 70.6. The Bertz CT molecular complexity index is 716. The largest absolute Gasteiger partial charge is 0.394 e. The molecule has 0 saturated carbocycles. The lowest BCUT2D eigenvalue weighted by molar-refractivity contribution is -0.359. The van der Waals surface area contributed by atoms with E-state index in [9.17, 15) is 35.7 Å². The van der Waals surface area contributed by atoms with Crippen molar-refractivity contribution in [3.63, 3.8) is 0 Å². The summed E-state index contributed by atoms with van der Waals surface area (Å²) in [5.74, 6) is 1.52. The summed E-state index contributed by atoms with van der Waals surface area (Å²) in [4.78, 5) is 0. The molecule has 40 heavy (non-hydrogen) atoms. The van der Waals surface area contributed by atoms with Crippen LogP contribution in [-0.2, 0) is 18.9 Å². The van der Waals surface area contributed by atoms with Gasteiger partial charge in [0.25, 0.3) is 0 Å². The summed E-state index contributed by atoms with van der Waals surface area (Å²) in [6.07, 6.45) is -3.44. The van der Waals surface area contributed by atoms with Gasteiger partial charge in [-0.1, -0.05) is 58.1 Å². The molecule has 0 aliphatic carbocycles. The van der Waals surface area contributed by atoms with Crippen LogP contribution in [0.1, 0.15) is 79.1 Å². The highest BCUT2D eigenvalue weighted by atomic mass is 16.7. The number of hydrogen-bond donors (Lipinski definition) is 7. The zero-order chi connectivity index (χ0) is 29.8. The van der Waals surface area contributed by atoms with Crippen molar-refractivity contribution in [2.75, 3.05) is 19.8 Å². The lowest BCUT2D eigenvalue weighted by atomic mass is 9.94. The molecule has 0 amide bonds. The molecule has 0 aromatic heterocycles. The third-order valence-electron chi connectivity index (χ3n) is 7.83. The number of aliphatic hydroxyl groups excluding tert-OH is 7. The van der Waals surface area contributed by atoms with Gasteiger partial charge in [-0.2, -0.15) is 0 Å². The van der Waals surface area contributed by atoms with Crippen molar-refractivity contribution in [3.8, 4) is 0 Å². The van der Waals surface area contributed by atoms with Crippen LogP contribution in [-0.4, -0.2) is 117 Å². The number of allylic oxidation sites excluding steroid dienone is 2. The number of rotatable bonds is 17. The standard InChI is InChI=1S/C29H54O11/c1-17(2)9-7-11-19(4)13-8-12-18(3)10-5-6-14-37-28-26(36)24(34)27(21(16-31)39-28)40-29-25(35)23(33)22(32)20(15-30)38-29/h10,17,19-36H,5-9,11-16H2,1-4H3/b18-10+. The monoisotopic (exact) mass is 578 g/mol. The fourth-order valence-electron chi connectivity index (χ4n) is 5.17. The lowest BCUT2D eigenvalue weighted by Crippen LogP contribution is -2.64. The molecule has 2 rings (SSSR count). The van der Waals surface area contributed by atoms with E-state index in [0.717, 1.165) is 24.7 Å². The summed E-state index contributed by atoms with van der Waals surface area (Å²) in [6.45, 7) is 8.03. The molecule has 2 fully saturated rings. The zero-order valence-electron chi connectivity index (χ0n) is 24.5. The van der Waals surface area contributed by atoms with Gasteiger partial charge in [0, 0.05) is 0 Å². The molecule has 0 aromatic rings. The van der Waals surface area contributed by atoms with Crippen LogP contribution in [0.2, 0.25) is 0 Å². The minimum absolute atomic E-state index is 0.265. The van der Waals surface area contributed by atoms with E-state index in [1.54, 1.807) is 0 Å². The number of hydrogen-bond acceptors (Lipinski definition) is 11. The van der Waals surface area contributed by atoms with Crippen molar-refractivity contribution in [2.45, 2.75) is 140 Å². The number of unbranched alkanes of at least 4 members (excludes halogenated alkanes) is 1. The smallest absolute Gasteiger partial charge is 0.187 e. The predicted octanol–water partition coefficient (Wildman–Crippen LogP) is 0.986. The second-order valence-corrected chi connectivity index (χ2v) is 11.9. The van der Waals surface area contributed by atoms with E-state index in [0.29, 0.717) is 6.42 Å². The maximum Gasteiger partial charge on any atom is 0.187 e. The van der Waals surface area contributed by atoms with E-state index < -0.39 is 74.6 Å². The average Bonchev–Trinajstić information content (AvgIpc) is 2.91. The molecule has 0 radical (unpaired) electrons. The SMILES string of the molecule is C/C(=C\CCCOC1OC(CO)C(OC2OC(CO)C(O)C(O)C2O)C(O)C1O)CCCC(C)CCCC(C)C. The molecule has 11 atom stereocenters. The van der Waals surface area contributed by atoms with Crippen LogP contribution in [0.3, 0.4) is 0 Å². The van der Waals surface area contributed by atoms with E-state index in [-0.39, 0.29) is 6.61 Å². The normalized spacial score (nSPS) is 36.2. The zero-order valence-corrected chi connectivity index (χ0v) is 24.5. The second kappa shape index (κ2) is 18.1. The van der Waals surface area contributed by atoms with Crippen molar-refractivity contribution < 1.29 is 54.7 Å². The first-order valence-corrected chi connectivity index (χ1v) is 14.9. The maximum atomic E-state index is 10.7. The number of ether oxygens (including phenoxy) is 4. The third-order valence-corrected chi connectivity index (χ3v) is 7.83. The molecule has 2 heterocycles. The molecule has 11 heteroatoms. The quantitative estimate of drug-likeness (QED) is 0.0967. The molecule has 2 aliphatic heterocycles. The van der Waals surface area contributed by atoms with E-state index in [1.807, 2.05) is 0 Å². The molecular weight excluding hydrogens is 524 g/mol. The molecule has 11 unspecified atom stereocenters. The van der Waals surface area contributed by atoms with Crippen LogP contribution >= 0.6 is 0 Å². The minimum atomic E-state index is -1.70. The Hall–Kier alpha value is -0.700. The van der Waals surface area contributed by atoms with E-state index in [2.05, 4.69) is 33.8 Å². The Labute approximate surface area is 238 Å². The molecule has 236 valence electrons. The fraction of sp³-hybridized carbons (Fsp3) is 0.931. The fourth-order valence-corrected chi connectivity index (χ4v) is 5.17. The topological polar surface area (TPSA) is 179 Å². The first-order chi connectivity index (χ1) is 19.0. The van der Waals surface area contributed by atoms with Gasteiger partial charge in [0.1, 0.15) is 48.8 Å². The van der Waals surface area contributed by atoms with Gasteiger partial charge in [-0.25, -0.2) is 0 Å². The molecule has 0 aromatic carbocycles. The first-order valence-electron chi connectivity index (χ1n) is 14.9. The summed E-state index contributed by atoms with van der Waals surface area (Å²) >= 11 is 0. The van der Waals surface area contributed by atoms with E-state index >= 15 is 0 Å². The maximum absolute atomic E-state index is 10.7. The van der Waals surface area contributed by atoms with Crippen LogP contribution in [0.5, 0.6) is 0 Å². The van der Waals surface area contributed by atoms with Gasteiger partial charge < -0.3 is 54.7 Å². The van der Waals surface area contributed by atoms with Gasteiger partial charge in [-0.15, -0.1) is 0 Å². The predicted molar refractivity (Wildman–Crippen MR) is 147 cm³/mol. The van der Waals surface area contributed by atoms with Gasteiger partial charge in [0.2, 0.25) is 0 Å². The third kappa shape index (κ3) is 10.9. The molecule has 2 saturated heterocycles. The Morgan fingerprint density at radius 3 is 2.02 bits per heavy atom. The summed E-state index contributed by atoms with van der Waals surface area (Å²) in [6, 6.07) is 0. The van der Waals surface area contributed by atoms with Crippen molar-refractivity contribution >= 4 is 0 Å². The van der Waals surface area contributed by atoms with Crippen molar-refractivity contribution in [1.82, 2.24) is 0 Å². The van der Waals surface area contributed by atoms with Gasteiger partial charge >= 0.3 is 0 Å². The van der Waals surface area contributed by atoms with Crippen LogP contribution < -0.4 is 0 Å². The van der Waals surface area contributed by atoms with Crippen molar-refractivity contribution in [3.05, 3.63) is 11.6 Å². The molecular formula is C29H54O11. The van der Waals surface area contributed by atoms with Gasteiger partial charge in [-0.05, 0) is 44.4 Å². The number of aliphatic hydroxyl groups is 7. The molecule has 0 spiro atoms. The van der Waals surface area contributed by atoms with Crippen LogP contribution in [0.25, 0.3) is 0 Å². The highest BCUT2D eigenvalue weighted by molar-refractivity contribution is 4.98. The summed E-state index contributed by atoms with van der Waals surface area (Å²) < 4.78 is 22.2. The minimum Gasteiger partial charge on any atom is -0.394 e. The van der Waals surface area contributed by atoms with Crippen molar-refractivity contribution in [2.24, 2.45) is 11.8 Å². The van der Waals surface area contributed by atoms with Gasteiger partial charge in [-0.3, -0.25) is 0 Å².